The Morgan fingerprint density at radius 1 is 1.53 bits per heavy atom. The highest BCUT2D eigenvalue weighted by molar-refractivity contribution is 5.76. The number of nitrogens with one attached hydrogen (secondary N) is 2. The number of amides is 2. The zero-order valence-electron chi connectivity index (χ0n) is 9.97. The fraction of sp³-hybridized carbons (Fsp3) is 0.636. The predicted octanol–water partition coefficient (Wildman–Crippen LogP) is 0.350. The van der Waals surface area contributed by atoms with Gasteiger partial charge in [0.25, 0.3) is 0 Å². The molecule has 2 amide bonds. The summed E-state index contributed by atoms with van der Waals surface area (Å²) in [7, 11) is 1.56. The lowest BCUT2D eigenvalue weighted by Crippen LogP contribution is -2.46. The Labute approximate surface area is 100 Å². The Morgan fingerprint density at radius 3 is 2.76 bits per heavy atom. The number of rotatable bonds is 5. The molecule has 6 heteroatoms. The van der Waals surface area contributed by atoms with Gasteiger partial charge in [-0.15, -0.1) is 0 Å². The standard InChI is InChI=1S/C11H18N2O4/c1-7(6-17-2)12-11(16)13-9-4-3-8(5-9)10(14)15/h3-4,7-9H,5-6H2,1-2H3,(H,14,15)(H2,12,13,16). The molecule has 0 fully saturated rings. The van der Waals surface area contributed by atoms with Crippen molar-refractivity contribution in [1.82, 2.24) is 10.6 Å². The SMILES string of the molecule is COCC(C)NC(=O)NC1C=CC(C(=O)O)C1. The molecular formula is C11H18N2O4. The molecule has 0 aromatic heterocycles. The summed E-state index contributed by atoms with van der Waals surface area (Å²) in [6, 6.07) is -0.610. The molecule has 0 heterocycles. The van der Waals surface area contributed by atoms with Crippen LogP contribution in [0.3, 0.4) is 0 Å². The quantitative estimate of drug-likeness (QED) is 0.607. The Morgan fingerprint density at radius 2 is 2.24 bits per heavy atom. The van der Waals surface area contributed by atoms with Gasteiger partial charge in [-0.05, 0) is 13.3 Å². The molecule has 3 N–H and O–H groups in total. The van der Waals surface area contributed by atoms with Crippen molar-refractivity contribution >= 4 is 12.0 Å². The number of aliphatic carboxylic acids is 1. The lowest BCUT2D eigenvalue weighted by Gasteiger charge is -2.16. The van der Waals surface area contributed by atoms with E-state index in [2.05, 4.69) is 10.6 Å². The van der Waals surface area contributed by atoms with Crippen LogP contribution in [0.4, 0.5) is 4.79 Å². The lowest BCUT2D eigenvalue weighted by atomic mass is 10.1. The number of carbonyl (C=O) groups excluding carboxylic acids is 1. The van der Waals surface area contributed by atoms with Gasteiger partial charge in [0, 0.05) is 7.11 Å². The van der Waals surface area contributed by atoms with Crippen LogP contribution in [0.5, 0.6) is 0 Å². The highest BCUT2D eigenvalue weighted by Crippen LogP contribution is 2.17. The number of carboxylic acids is 1. The van der Waals surface area contributed by atoms with Crippen molar-refractivity contribution in [1.29, 1.82) is 0 Å². The van der Waals surface area contributed by atoms with E-state index in [1.165, 1.54) is 0 Å². The minimum atomic E-state index is -0.862. The minimum absolute atomic E-state index is 0.0827. The third kappa shape index (κ3) is 4.44. The topological polar surface area (TPSA) is 87.7 Å². The summed E-state index contributed by atoms with van der Waals surface area (Å²) in [5.41, 5.74) is 0. The van der Waals surface area contributed by atoms with Crippen LogP contribution in [0.2, 0.25) is 0 Å². The van der Waals surface area contributed by atoms with Crippen LogP contribution in [-0.2, 0) is 9.53 Å². The van der Waals surface area contributed by atoms with E-state index in [-0.39, 0.29) is 18.1 Å². The number of ether oxygens (including phenoxy) is 1. The van der Waals surface area contributed by atoms with Crippen molar-refractivity contribution in [2.75, 3.05) is 13.7 Å². The van der Waals surface area contributed by atoms with Crippen LogP contribution in [0.1, 0.15) is 13.3 Å². The first-order valence-corrected chi connectivity index (χ1v) is 5.50. The van der Waals surface area contributed by atoms with E-state index >= 15 is 0 Å². The summed E-state index contributed by atoms with van der Waals surface area (Å²) in [6.07, 6.45) is 3.71. The Bertz CT molecular complexity index is 317. The van der Waals surface area contributed by atoms with E-state index in [4.69, 9.17) is 9.84 Å². The maximum Gasteiger partial charge on any atom is 0.315 e. The molecule has 17 heavy (non-hydrogen) atoms. The molecule has 1 rings (SSSR count). The fourth-order valence-corrected chi connectivity index (χ4v) is 1.71. The van der Waals surface area contributed by atoms with Gasteiger partial charge in [-0.2, -0.15) is 0 Å². The van der Waals surface area contributed by atoms with E-state index in [0.29, 0.717) is 13.0 Å². The molecule has 0 aromatic carbocycles. The molecule has 1 aliphatic rings. The smallest absolute Gasteiger partial charge is 0.315 e. The molecular weight excluding hydrogens is 224 g/mol. The monoisotopic (exact) mass is 242 g/mol. The summed E-state index contributed by atoms with van der Waals surface area (Å²) in [5.74, 6) is -1.37. The first-order valence-electron chi connectivity index (χ1n) is 5.50. The summed E-state index contributed by atoms with van der Waals surface area (Å²) in [6.45, 7) is 2.26. The zero-order valence-corrected chi connectivity index (χ0v) is 9.97. The molecule has 0 radical (unpaired) electrons. The van der Waals surface area contributed by atoms with E-state index in [9.17, 15) is 9.59 Å². The number of hydrogen-bond acceptors (Lipinski definition) is 3. The Kier molecular flexibility index (Phi) is 4.96. The minimum Gasteiger partial charge on any atom is -0.481 e. The van der Waals surface area contributed by atoms with Gasteiger partial charge in [0.15, 0.2) is 0 Å². The van der Waals surface area contributed by atoms with Crippen LogP contribution < -0.4 is 10.6 Å². The number of carboxylic acid groups (broad SMARTS) is 1. The van der Waals surface area contributed by atoms with Gasteiger partial charge in [0.05, 0.1) is 24.6 Å². The second-order valence-corrected chi connectivity index (χ2v) is 4.15. The average Bonchev–Trinajstić information content (AvgIpc) is 2.66. The summed E-state index contributed by atoms with van der Waals surface area (Å²) in [4.78, 5) is 22.2. The van der Waals surface area contributed by atoms with Crippen LogP contribution in [0.25, 0.3) is 0 Å². The Hall–Kier alpha value is -1.56. The molecule has 6 nitrogen and oxygen atoms in total. The molecule has 0 aromatic rings. The van der Waals surface area contributed by atoms with Gasteiger partial charge in [0.2, 0.25) is 0 Å². The van der Waals surface area contributed by atoms with E-state index in [1.54, 1.807) is 19.3 Å². The van der Waals surface area contributed by atoms with Gasteiger partial charge in [-0.1, -0.05) is 12.2 Å². The Balaban J connectivity index is 2.29. The van der Waals surface area contributed by atoms with Crippen molar-refractivity contribution in [2.24, 2.45) is 5.92 Å². The molecule has 0 saturated carbocycles. The van der Waals surface area contributed by atoms with Crippen LogP contribution in [0, 0.1) is 5.92 Å². The molecule has 3 unspecified atom stereocenters. The lowest BCUT2D eigenvalue weighted by molar-refractivity contribution is -0.140. The van der Waals surface area contributed by atoms with Gasteiger partial charge < -0.3 is 20.5 Å². The van der Waals surface area contributed by atoms with E-state index in [0.717, 1.165) is 0 Å². The van der Waals surface area contributed by atoms with E-state index in [1.807, 2.05) is 6.92 Å². The summed E-state index contributed by atoms with van der Waals surface area (Å²) >= 11 is 0. The average molecular weight is 242 g/mol. The van der Waals surface area contributed by atoms with Crippen molar-refractivity contribution in [3.8, 4) is 0 Å². The van der Waals surface area contributed by atoms with Gasteiger partial charge >= 0.3 is 12.0 Å². The second kappa shape index (κ2) is 6.24. The maximum absolute atomic E-state index is 11.5. The molecule has 0 bridgehead atoms. The maximum atomic E-state index is 11.5. The largest absolute Gasteiger partial charge is 0.481 e. The highest BCUT2D eigenvalue weighted by Gasteiger charge is 2.25. The third-order valence-electron chi connectivity index (χ3n) is 2.51. The van der Waals surface area contributed by atoms with Crippen molar-refractivity contribution in [2.45, 2.75) is 25.4 Å². The number of hydrogen-bond donors (Lipinski definition) is 3. The van der Waals surface area contributed by atoms with Crippen molar-refractivity contribution in [3.05, 3.63) is 12.2 Å². The molecule has 96 valence electrons. The fourth-order valence-electron chi connectivity index (χ4n) is 1.71. The molecule has 0 spiro atoms. The zero-order chi connectivity index (χ0) is 12.8. The van der Waals surface area contributed by atoms with Crippen molar-refractivity contribution < 1.29 is 19.4 Å². The van der Waals surface area contributed by atoms with Crippen LogP contribution in [0.15, 0.2) is 12.2 Å². The molecule has 3 atom stereocenters. The predicted molar refractivity (Wildman–Crippen MR) is 61.7 cm³/mol. The van der Waals surface area contributed by atoms with Gasteiger partial charge in [0.1, 0.15) is 0 Å². The third-order valence-corrected chi connectivity index (χ3v) is 2.51. The number of urea groups is 1. The molecule has 0 aliphatic heterocycles. The van der Waals surface area contributed by atoms with E-state index < -0.39 is 11.9 Å². The first-order chi connectivity index (χ1) is 8.02. The highest BCUT2D eigenvalue weighted by atomic mass is 16.5. The first kappa shape index (κ1) is 13.5. The van der Waals surface area contributed by atoms with Gasteiger partial charge in [-0.3, -0.25) is 4.79 Å². The molecule has 1 aliphatic carbocycles. The normalized spacial score (nSPS) is 24.4. The summed E-state index contributed by atoms with van der Waals surface area (Å²) in [5, 5.41) is 14.2. The number of carbonyl (C=O) groups is 2. The van der Waals surface area contributed by atoms with Crippen LogP contribution in [-0.4, -0.2) is 42.9 Å². The number of methoxy groups -OCH3 is 1. The molecule has 0 saturated heterocycles. The summed E-state index contributed by atoms with van der Waals surface area (Å²) < 4.78 is 4.89. The van der Waals surface area contributed by atoms with Crippen molar-refractivity contribution in [3.63, 3.8) is 0 Å². The second-order valence-electron chi connectivity index (χ2n) is 4.15. The van der Waals surface area contributed by atoms with Gasteiger partial charge in [-0.25, -0.2) is 4.79 Å². The van der Waals surface area contributed by atoms with Crippen LogP contribution >= 0.6 is 0 Å².